The van der Waals surface area contributed by atoms with Gasteiger partial charge in [-0.25, -0.2) is 13.6 Å². The first-order chi connectivity index (χ1) is 7.59. The fourth-order valence-corrected chi connectivity index (χ4v) is 1.54. The third-order valence-electron chi connectivity index (χ3n) is 2.25. The molecule has 84 valence electrons. The number of alkyl halides is 2. The number of ether oxygens (including phenoxy) is 1. The third-order valence-corrected chi connectivity index (χ3v) is 2.25. The van der Waals surface area contributed by atoms with Gasteiger partial charge in [0.15, 0.2) is 6.10 Å². The van der Waals surface area contributed by atoms with Crippen LogP contribution >= 0.6 is 0 Å². The van der Waals surface area contributed by atoms with Gasteiger partial charge in [0.2, 0.25) is 0 Å². The van der Waals surface area contributed by atoms with Crippen LogP contribution in [-0.2, 0) is 4.79 Å². The molecule has 0 fully saturated rings. The predicted molar refractivity (Wildman–Crippen MR) is 52.5 cm³/mol. The van der Waals surface area contributed by atoms with E-state index in [1.807, 2.05) is 0 Å². The number of fused-ring (bicyclic) bond motifs is 1. The largest absolute Gasteiger partial charge is 0.480 e. The van der Waals surface area contributed by atoms with Crippen molar-refractivity contribution in [1.82, 2.24) is 0 Å². The molecule has 16 heavy (non-hydrogen) atoms. The number of hydrogen-bond donors (Lipinski definition) is 1. The zero-order valence-corrected chi connectivity index (χ0v) is 8.06. The number of aliphatic carboxylic acids is 1. The van der Waals surface area contributed by atoms with Crippen LogP contribution in [0.1, 0.15) is 5.56 Å². The summed E-state index contributed by atoms with van der Waals surface area (Å²) in [7, 11) is 0. The Kier molecular flexibility index (Phi) is 2.60. The van der Waals surface area contributed by atoms with Crippen LogP contribution in [0.15, 0.2) is 30.3 Å². The molecule has 3 nitrogen and oxygen atoms in total. The second kappa shape index (κ2) is 3.92. The van der Waals surface area contributed by atoms with E-state index in [1.165, 1.54) is 12.1 Å². The average molecular weight is 226 g/mol. The number of halogens is 2. The first-order valence-electron chi connectivity index (χ1n) is 4.59. The Morgan fingerprint density at radius 2 is 2.06 bits per heavy atom. The van der Waals surface area contributed by atoms with Gasteiger partial charge in [0.05, 0.1) is 5.57 Å². The zero-order valence-electron chi connectivity index (χ0n) is 8.06. The van der Waals surface area contributed by atoms with Crippen molar-refractivity contribution in [2.45, 2.75) is 12.5 Å². The van der Waals surface area contributed by atoms with Crippen LogP contribution in [0.25, 0.3) is 5.57 Å². The van der Waals surface area contributed by atoms with Crippen molar-refractivity contribution in [3.63, 3.8) is 0 Å². The molecule has 0 aliphatic carbocycles. The Hall–Kier alpha value is -1.91. The predicted octanol–water partition coefficient (Wildman–Crippen LogP) is 2.18. The summed E-state index contributed by atoms with van der Waals surface area (Å²) in [4.78, 5) is 10.9. The molecule has 0 spiro atoms. The van der Waals surface area contributed by atoms with Crippen LogP contribution in [-0.4, -0.2) is 23.6 Å². The lowest BCUT2D eigenvalue weighted by Gasteiger charge is -2.23. The second-order valence-corrected chi connectivity index (χ2v) is 3.30. The van der Waals surface area contributed by atoms with Crippen molar-refractivity contribution in [3.05, 3.63) is 35.9 Å². The Labute approximate surface area is 90.0 Å². The Morgan fingerprint density at radius 1 is 1.38 bits per heavy atom. The van der Waals surface area contributed by atoms with Crippen molar-refractivity contribution in [2.75, 3.05) is 0 Å². The summed E-state index contributed by atoms with van der Waals surface area (Å²) in [6.45, 7) is 0. The van der Waals surface area contributed by atoms with E-state index in [2.05, 4.69) is 0 Å². The summed E-state index contributed by atoms with van der Waals surface area (Å²) in [5.74, 6) is -1.06. The number of hydrogen-bond acceptors (Lipinski definition) is 2. The standard InChI is InChI=1S/C11H8F2O3/c12-10(13)9-5-7(11(14)15)6-3-1-2-4-8(6)16-9/h1-5,9-10H,(H,14,15). The van der Waals surface area contributed by atoms with Gasteiger partial charge in [-0.3, -0.25) is 0 Å². The highest BCUT2D eigenvalue weighted by Crippen LogP contribution is 2.33. The second-order valence-electron chi connectivity index (χ2n) is 3.30. The summed E-state index contributed by atoms with van der Waals surface area (Å²) < 4.78 is 30.0. The van der Waals surface area contributed by atoms with E-state index in [4.69, 9.17) is 9.84 Å². The van der Waals surface area contributed by atoms with Gasteiger partial charge >= 0.3 is 5.97 Å². The molecular formula is C11H8F2O3. The first kappa shape index (κ1) is 10.6. The van der Waals surface area contributed by atoms with E-state index in [-0.39, 0.29) is 11.3 Å². The number of carboxylic acids is 1. The molecule has 1 aromatic carbocycles. The van der Waals surface area contributed by atoms with Gasteiger partial charge < -0.3 is 9.84 Å². The van der Waals surface area contributed by atoms with Crippen molar-refractivity contribution in [2.24, 2.45) is 0 Å². The molecule has 0 saturated heterocycles. The van der Waals surface area contributed by atoms with Crippen LogP contribution in [0, 0.1) is 0 Å². The topological polar surface area (TPSA) is 46.5 Å². The number of carbonyl (C=O) groups is 1. The summed E-state index contributed by atoms with van der Waals surface area (Å²) in [6, 6.07) is 6.23. The molecule has 0 aromatic heterocycles. The number of carboxylic acid groups (broad SMARTS) is 1. The van der Waals surface area contributed by atoms with Crippen molar-refractivity contribution in [1.29, 1.82) is 0 Å². The van der Waals surface area contributed by atoms with Crippen LogP contribution < -0.4 is 4.74 Å². The van der Waals surface area contributed by atoms with Gasteiger partial charge in [-0.2, -0.15) is 0 Å². The van der Waals surface area contributed by atoms with Crippen molar-refractivity contribution < 1.29 is 23.4 Å². The SMILES string of the molecule is O=C(O)C1=CC(C(F)F)Oc2ccccc21. The maximum atomic E-state index is 12.5. The van der Waals surface area contributed by atoms with Crippen molar-refractivity contribution >= 4 is 11.5 Å². The molecule has 1 aliphatic rings. The highest BCUT2D eigenvalue weighted by molar-refractivity contribution is 6.16. The number of benzene rings is 1. The Morgan fingerprint density at radius 3 is 2.69 bits per heavy atom. The number of rotatable bonds is 2. The van der Waals surface area contributed by atoms with Crippen molar-refractivity contribution in [3.8, 4) is 5.75 Å². The highest BCUT2D eigenvalue weighted by atomic mass is 19.3. The van der Waals surface area contributed by atoms with Crippen LogP contribution in [0.5, 0.6) is 5.75 Å². The summed E-state index contributed by atoms with van der Waals surface area (Å²) in [6.07, 6.45) is -3.31. The molecule has 1 aliphatic heterocycles. The molecule has 1 N–H and O–H groups in total. The van der Waals surface area contributed by atoms with Gasteiger partial charge in [0.1, 0.15) is 5.75 Å². The molecular weight excluding hydrogens is 218 g/mol. The minimum atomic E-state index is -2.75. The van der Waals surface area contributed by atoms with Gasteiger partial charge in [0.25, 0.3) is 6.43 Å². The third kappa shape index (κ3) is 1.76. The molecule has 5 heteroatoms. The molecule has 1 aromatic rings. The average Bonchev–Trinajstić information content (AvgIpc) is 2.27. The van der Waals surface area contributed by atoms with Crippen LogP contribution in [0.3, 0.4) is 0 Å². The highest BCUT2D eigenvalue weighted by Gasteiger charge is 2.29. The maximum absolute atomic E-state index is 12.5. The van der Waals surface area contributed by atoms with Crippen LogP contribution in [0.2, 0.25) is 0 Å². The van der Waals surface area contributed by atoms with E-state index in [1.54, 1.807) is 12.1 Å². The summed E-state index contributed by atoms with van der Waals surface area (Å²) in [5.41, 5.74) is 0.180. The molecule has 0 saturated carbocycles. The van der Waals surface area contributed by atoms with E-state index in [0.717, 1.165) is 6.08 Å². The normalized spacial score (nSPS) is 18.7. The Balaban J connectivity index is 2.49. The van der Waals surface area contributed by atoms with Crippen LogP contribution in [0.4, 0.5) is 8.78 Å². The molecule has 0 bridgehead atoms. The van der Waals surface area contributed by atoms with E-state index < -0.39 is 18.5 Å². The number of para-hydroxylation sites is 1. The quantitative estimate of drug-likeness (QED) is 0.840. The fourth-order valence-electron chi connectivity index (χ4n) is 1.54. The lowest BCUT2D eigenvalue weighted by atomic mass is 10.0. The van der Waals surface area contributed by atoms with Gasteiger partial charge in [-0.05, 0) is 12.1 Å². The molecule has 2 rings (SSSR count). The van der Waals surface area contributed by atoms with Gasteiger partial charge in [-0.15, -0.1) is 0 Å². The fraction of sp³-hybridized carbons (Fsp3) is 0.182. The molecule has 1 unspecified atom stereocenters. The first-order valence-corrected chi connectivity index (χ1v) is 4.59. The smallest absolute Gasteiger partial charge is 0.336 e. The molecule has 0 amide bonds. The molecule has 0 radical (unpaired) electrons. The van der Waals surface area contributed by atoms with E-state index in [0.29, 0.717) is 5.56 Å². The Bertz CT molecular complexity index is 454. The minimum absolute atomic E-state index is 0.146. The van der Waals surface area contributed by atoms with E-state index >= 15 is 0 Å². The molecule has 1 atom stereocenters. The lowest BCUT2D eigenvalue weighted by Crippen LogP contribution is -2.27. The summed E-state index contributed by atoms with van der Waals surface area (Å²) >= 11 is 0. The van der Waals surface area contributed by atoms with Gasteiger partial charge in [0, 0.05) is 5.56 Å². The summed E-state index contributed by atoms with van der Waals surface area (Å²) in [5, 5.41) is 8.92. The maximum Gasteiger partial charge on any atom is 0.336 e. The van der Waals surface area contributed by atoms with Gasteiger partial charge in [-0.1, -0.05) is 18.2 Å². The monoisotopic (exact) mass is 226 g/mol. The van der Waals surface area contributed by atoms with E-state index in [9.17, 15) is 13.6 Å². The lowest BCUT2D eigenvalue weighted by molar-refractivity contribution is -0.130. The minimum Gasteiger partial charge on any atom is -0.480 e. The molecule has 1 heterocycles. The zero-order chi connectivity index (χ0) is 11.7.